The predicted octanol–water partition coefficient (Wildman–Crippen LogP) is 3.04. The molecule has 0 bridgehead atoms. The Hall–Kier alpha value is -0.100. The molecule has 0 atom stereocenters. The Kier molecular flexibility index (Phi) is 5.47. The fourth-order valence-electron chi connectivity index (χ4n) is 1.11. The third kappa shape index (κ3) is 3.96. The van der Waals surface area contributed by atoms with Crippen molar-refractivity contribution in [3.8, 4) is 0 Å². The van der Waals surface area contributed by atoms with Gasteiger partial charge in [0.2, 0.25) is 0 Å². The average Bonchev–Trinajstić information content (AvgIpc) is 2.15. The van der Waals surface area contributed by atoms with Gasteiger partial charge in [-0.25, -0.2) is 0 Å². The van der Waals surface area contributed by atoms with E-state index >= 15 is 0 Å². The van der Waals surface area contributed by atoms with Crippen molar-refractivity contribution in [1.29, 1.82) is 0 Å². The lowest BCUT2D eigenvalue weighted by atomic mass is 10.3. The van der Waals surface area contributed by atoms with Crippen molar-refractivity contribution in [2.45, 2.75) is 6.42 Å². The molecule has 0 fully saturated rings. The molecule has 0 aliphatic heterocycles. The number of nitrogens with two attached hydrogens (primary N) is 1. The second kappa shape index (κ2) is 6.40. The second-order valence-corrected chi connectivity index (χ2v) is 5.16. The van der Waals surface area contributed by atoms with Crippen LogP contribution in [0.25, 0.3) is 0 Å². The van der Waals surface area contributed by atoms with Gasteiger partial charge in [-0.1, -0.05) is 0 Å². The highest BCUT2D eigenvalue weighted by Gasteiger charge is 1.98. The molecule has 2 nitrogen and oxygen atoms in total. The Morgan fingerprint density at radius 2 is 2.29 bits per heavy atom. The topological polar surface area (TPSA) is 38.0 Å². The molecule has 0 radical (unpaired) electrons. The number of nitrogen functional groups attached to an aromatic ring is 1. The van der Waals surface area contributed by atoms with E-state index in [1.807, 2.05) is 30.0 Å². The first-order valence-corrected chi connectivity index (χ1v) is 6.99. The number of nitrogens with one attached hydrogen (secondary N) is 1. The molecule has 1 aromatic rings. The molecule has 0 aromatic heterocycles. The lowest BCUT2D eigenvalue weighted by molar-refractivity contribution is 0.992. The van der Waals surface area contributed by atoms with E-state index < -0.39 is 0 Å². The van der Waals surface area contributed by atoms with Crippen LogP contribution in [-0.2, 0) is 0 Å². The molecule has 0 unspecified atom stereocenters. The first kappa shape index (κ1) is 12.0. The SMILES string of the molecule is CSCCCNc1ccc(N)cc1I. The van der Waals surface area contributed by atoms with Crippen LogP contribution in [0.15, 0.2) is 18.2 Å². The number of halogens is 1. The average molecular weight is 322 g/mol. The van der Waals surface area contributed by atoms with Gasteiger partial charge >= 0.3 is 0 Å². The molecule has 3 N–H and O–H groups in total. The van der Waals surface area contributed by atoms with Crippen molar-refractivity contribution >= 4 is 45.7 Å². The molecule has 14 heavy (non-hydrogen) atoms. The third-order valence-corrected chi connectivity index (χ3v) is 3.42. The molecule has 4 heteroatoms. The maximum Gasteiger partial charge on any atom is 0.0477 e. The van der Waals surface area contributed by atoms with E-state index in [2.05, 4.69) is 34.2 Å². The van der Waals surface area contributed by atoms with Crippen molar-refractivity contribution < 1.29 is 0 Å². The Balaban J connectivity index is 2.42. The summed E-state index contributed by atoms with van der Waals surface area (Å²) < 4.78 is 1.19. The quantitative estimate of drug-likeness (QED) is 0.497. The van der Waals surface area contributed by atoms with Crippen LogP contribution < -0.4 is 11.1 Å². The number of anilines is 2. The minimum absolute atomic E-state index is 0.823. The highest BCUT2D eigenvalue weighted by atomic mass is 127. The van der Waals surface area contributed by atoms with Gasteiger partial charge in [0.1, 0.15) is 0 Å². The molecule has 78 valence electrons. The molecule has 0 amide bonds. The standard InChI is InChI=1S/C10H15IN2S/c1-14-6-2-5-13-10-4-3-8(12)7-9(10)11/h3-4,7,13H,2,5-6,12H2,1H3. The molecule has 0 aliphatic rings. The highest BCUT2D eigenvalue weighted by molar-refractivity contribution is 14.1. The third-order valence-electron chi connectivity index (χ3n) is 1.83. The van der Waals surface area contributed by atoms with E-state index in [1.165, 1.54) is 21.4 Å². The van der Waals surface area contributed by atoms with Crippen LogP contribution in [0.4, 0.5) is 11.4 Å². The van der Waals surface area contributed by atoms with Crippen LogP contribution in [0.2, 0.25) is 0 Å². The summed E-state index contributed by atoms with van der Waals surface area (Å²) in [5.41, 5.74) is 7.67. The van der Waals surface area contributed by atoms with E-state index in [4.69, 9.17) is 5.73 Å². The first-order chi connectivity index (χ1) is 6.74. The summed E-state index contributed by atoms with van der Waals surface area (Å²) in [6, 6.07) is 5.95. The molecule has 0 aliphatic carbocycles. The molecular formula is C10H15IN2S. The van der Waals surface area contributed by atoms with Gasteiger partial charge < -0.3 is 11.1 Å². The van der Waals surface area contributed by atoms with Crippen molar-refractivity contribution in [2.75, 3.05) is 29.6 Å². The summed E-state index contributed by atoms with van der Waals surface area (Å²) in [6.45, 7) is 1.03. The van der Waals surface area contributed by atoms with Gasteiger partial charge in [-0.3, -0.25) is 0 Å². The summed E-state index contributed by atoms with van der Waals surface area (Å²) >= 11 is 4.18. The second-order valence-electron chi connectivity index (χ2n) is 3.01. The zero-order valence-corrected chi connectivity index (χ0v) is 11.2. The van der Waals surface area contributed by atoms with Gasteiger partial charge in [-0.15, -0.1) is 0 Å². The summed E-state index contributed by atoms with van der Waals surface area (Å²) in [4.78, 5) is 0. The maximum absolute atomic E-state index is 5.67. The van der Waals surface area contributed by atoms with Gasteiger partial charge in [0, 0.05) is 21.5 Å². The smallest absolute Gasteiger partial charge is 0.0477 e. The van der Waals surface area contributed by atoms with Crippen molar-refractivity contribution in [3.05, 3.63) is 21.8 Å². The minimum atomic E-state index is 0.823. The van der Waals surface area contributed by atoms with E-state index in [-0.39, 0.29) is 0 Å². The van der Waals surface area contributed by atoms with Gasteiger partial charge in [-0.2, -0.15) is 11.8 Å². The predicted molar refractivity (Wildman–Crippen MR) is 75.1 cm³/mol. The largest absolute Gasteiger partial charge is 0.399 e. The molecule has 0 saturated carbocycles. The Labute approximate surface area is 103 Å². The van der Waals surface area contributed by atoms with Gasteiger partial charge in [0.05, 0.1) is 0 Å². The summed E-state index contributed by atoms with van der Waals surface area (Å²) in [5.74, 6) is 1.21. The molecule has 0 spiro atoms. The lowest BCUT2D eigenvalue weighted by Gasteiger charge is -2.08. The lowest BCUT2D eigenvalue weighted by Crippen LogP contribution is -2.04. The number of hydrogen-bond donors (Lipinski definition) is 2. The van der Waals surface area contributed by atoms with Crippen LogP contribution in [-0.4, -0.2) is 18.6 Å². The molecule has 1 aromatic carbocycles. The number of rotatable bonds is 5. The molecular weight excluding hydrogens is 307 g/mol. The summed E-state index contributed by atoms with van der Waals surface area (Å²) in [7, 11) is 0. The van der Waals surface area contributed by atoms with Gasteiger partial charge in [0.25, 0.3) is 0 Å². The Morgan fingerprint density at radius 1 is 1.50 bits per heavy atom. The molecule has 0 saturated heterocycles. The first-order valence-electron chi connectivity index (χ1n) is 4.52. The van der Waals surface area contributed by atoms with Gasteiger partial charge in [0.15, 0.2) is 0 Å². The molecule has 0 heterocycles. The van der Waals surface area contributed by atoms with Crippen LogP contribution >= 0.6 is 34.4 Å². The number of thioether (sulfide) groups is 1. The highest BCUT2D eigenvalue weighted by Crippen LogP contribution is 2.20. The van der Waals surface area contributed by atoms with Crippen LogP contribution in [0.1, 0.15) is 6.42 Å². The summed E-state index contributed by atoms with van der Waals surface area (Å²) in [5, 5.41) is 3.40. The fraction of sp³-hybridized carbons (Fsp3) is 0.400. The Morgan fingerprint density at radius 3 is 2.93 bits per heavy atom. The maximum atomic E-state index is 5.67. The number of hydrogen-bond acceptors (Lipinski definition) is 3. The van der Waals surface area contributed by atoms with E-state index in [0.29, 0.717) is 0 Å². The van der Waals surface area contributed by atoms with Crippen LogP contribution in [0.5, 0.6) is 0 Å². The Bertz CT molecular complexity index is 291. The van der Waals surface area contributed by atoms with E-state index in [9.17, 15) is 0 Å². The van der Waals surface area contributed by atoms with Gasteiger partial charge in [-0.05, 0) is 59.2 Å². The van der Waals surface area contributed by atoms with Crippen molar-refractivity contribution in [2.24, 2.45) is 0 Å². The van der Waals surface area contributed by atoms with Crippen molar-refractivity contribution in [1.82, 2.24) is 0 Å². The summed E-state index contributed by atoms with van der Waals surface area (Å²) in [6.07, 6.45) is 3.33. The number of benzene rings is 1. The van der Waals surface area contributed by atoms with Crippen molar-refractivity contribution in [3.63, 3.8) is 0 Å². The zero-order valence-electron chi connectivity index (χ0n) is 8.22. The van der Waals surface area contributed by atoms with E-state index in [0.717, 1.165) is 12.2 Å². The van der Waals surface area contributed by atoms with Crippen LogP contribution in [0.3, 0.4) is 0 Å². The monoisotopic (exact) mass is 322 g/mol. The normalized spacial score (nSPS) is 10.1. The van der Waals surface area contributed by atoms with Crippen LogP contribution in [0, 0.1) is 3.57 Å². The fourth-order valence-corrected chi connectivity index (χ4v) is 2.28. The zero-order chi connectivity index (χ0) is 10.4. The van der Waals surface area contributed by atoms with E-state index in [1.54, 1.807) is 0 Å². The molecule has 1 rings (SSSR count). The minimum Gasteiger partial charge on any atom is -0.399 e.